The first kappa shape index (κ1) is 22.3. The predicted octanol–water partition coefficient (Wildman–Crippen LogP) is 4.40. The maximum Gasteiger partial charge on any atom is 0.391 e. The van der Waals surface area contributed by atoms with Crippen LogP contribution in [0.2, 0.25) is 0 Å². The van der Waals surface area contributed by atoms with E-state index in [-0.39, 0.29) is 6.42 Å². The Morgan fingerprint density at radius 2 is 1.85 bits per heavy atom. The summed E-state index contributed by atoms with van der Waals surface area (Å²) in [5.74, 6) is -0.533. The van der Waals surface area contributed by atoms with Crippen molar-refractivity contribution in [1.29, 1.82) is 0 Å². The van der Waals surface area contributed by atoms with Crippen LogP contribution in [0, 0.1) is 0 Å². The standard InChI is InChI=1S/C19H28F3NO3/c1-5-6-10-25-15-9-7-8-14(11-15)12-18(23,13-19(20,21)22)16(24)26-17(2,3)4/h7-9,11H,5-6,10,12-13,23H2,1-4H3/t18-/m0/s1. The minimum atomic E-state index is -4.60. The zero-order valence-corrected chi connectivity index (χ0v) is 15.8. The van der Waals surface area contributed by atoms with Gasteiger partial charge >= 0.3 is 12.1 Å². The van der Waals surface area contributed by atoms with Crippen LogP contribution in [0.1, 0.15) is 52.5 Å². The minimum Gasteiger partial charge on any atom is -0.494 e. The number of alkyl halides is 3. The number of nitrogens with two attached hydrogens (primary N) is 1. The van der Waals surface area contributed by atoms with Gasteiger partial charge in [-0.3, -0.25) is 4.79 Å². The summed E-state index contributed by atoms with van der Waals surface area (Å²) in [6.45, 7) is 7.30. The van der Waals surface area contributed by atoms with Crippen LogP contribution in [0.5, 0.6) is 5.75 Å². The molecule has 4 nitrogen and oxygen atoms in total. The molecule has 0 aliphatic heterocycles. The molecule has 7 heteroatoms. The van der Waals surface area contributed by atoms with Crippen LogP contribution in [0.15, 0.2) is 24.3 Å². The van der Waals surface area contributed by atoms with E-state index in [4.69, 9.17) is 15.2 Å². The molecule has 0 aliphatic rings. The summed E-state index contributed by atoms with van der Waals surface area (Å²) in [6, 6.07) is 6.61. The van der Waals surface area contributed by atoms with Crippen LogP contribution >= 0.6 is 0 Å². The molecule has 1 aromatic carbocycles. The van der Waals surface area contributed by atoms with Gasteiger partial charge in [-0.15, -0.1) is 0 Å². The van der Waals surface area contributed by atoms with Crippen LogP contribution in [0.3, 0.4) is 0 Å². The molecule has 2 N–H and O–H groups in total. The van der Waals surface area contributed by atoms with Crippen molar-refractivity contribution in [3.63, 3.8) is 0 Å². The fourth-order valence-corrected chi connectivity index (χ4v) is 2.39. The van der Waals surface area contributed by atoms with E-state index in [0.717, 1.165) is 12.8 Å². The van der Waals surface area contributed by atoms with Gasteiger partial charge in [0.15, 0.2) is 0 Å². The molecule has 148 valence electrons. The van der Waals surface area contributed by atoms with Gasteiger partial charge in [0.2, 0.25) is 0 Å². The van der Waals surface area contributed by atoms with Crippen LogP contribution in [0.4, 0.5) is 13.2 Å². The minimum absolute atomic E-state index is 0.299. The quantitative estimate of drug-likeness (QED) is 0.540. The number of halogens is 3. The molecule has 1 atom stereocenters. The molecule has 0 bridgehead atoms. The lowest BCUT2D eigenvalue weighted by Crippen LogP contribution is -2.55. The van der Waals surface area contributed by atoms with Gasteiger partial charge in [0.05, 0.1) is 13.0 Å². The van der Waals surface area contributed by atoms with Gasteiger partial charge in [0.1, 0.15) is 16.9 Å². The second kappa shape index (κ2) is 8.75. The first-order chi connectivity index (χ1) is 11.8. The van der Waals surface area contributed by atoms with Gasteiger partial charge in [0, 0.05) is 6.42 Å². The van der Waals surface area contributed by atoms with Gasteiger partial charge in [0.25, 0.3) is 0 Å². The SMILES string of the molecule is CCCCOc1cccc(C[C@](N)(CC(F)(F)F)C(=O)OC(C)(C)C)c1. The van der Waals surface area contributed by atoms with Crippen molar-refractivity contribution in [2.75, 3.05) is 6.61 Å². The van der Waals surface area contributed by atoms with E-state index in [1.54, 1.807) is 45.0 Å². The van der Waals surface area contributed by atoms with Crippen molar-refractivity contribution in [2.45, 2.75) is 70.7 Å². The molecule has 0 radical (unpaired) electrons. The lowest BCUT2D eigenvalue weighted by atomic mass is 9.88. The summed E-state index contributed by atoms with van der Waals surface area (Å²) < 4.78 is 49.8. The average molecular weight is 375 g/mol. The largest absolute Gasteiger partial charge is 0.494 e. The number of hydrogen-bond acceptors (Lipinski definition) is 4. The van der Waals surface area contributed by atoms with Gasteiger partial charge in [-0.25, -0.2) is 0 Å². The van der Waals surface area contributed by atoms with Crippen LogP contribution in [-0.2, 0) is 16.0 Å². The van der Waals surface area contributed by atoms with E-state index in [0.29, 0.717) is 17.9 Å². The number of ether oxygens (including phenoxy) is 2. The Bertz CT molecular complexity index is 596. The number of benzene rings is 1. The topological polar surface area (TPSA) is 61.5 Å². The van der Waals surface area contributed by atoms with Gasteiger partial charge < -0.3 is 15.2 Å². The number of hydrogen-bond donors (Lipinski definition) is 1. The van der Waals surface area contributed by atoms with E-state index in [2.05, 4.69) is 0 Å². The third kappa shape index (κ3) is 8.08. The lowest BCUT2D eigenvalue weighted by molar-refractivity contribution is -0.179. The highest BCUT2D eigenvalue weighted by Gasteiger charge is 2.47. The fraction of sp³-hybridized carbons (Fsp3) is 0.632. The molecular weight excluding hydrogens is 347 g/mol. The zero-order chi connectivity index (χ0) is 20.0. The van der Waals surface area contributed by atoms with Crippen molar-refractivity contribution >= 4 is 5.97 Å². The third-order valence-corrected chi connectivity index (χ3v) is 3.51. The maximum absolute atomic E-state index is 13.0. The molecule has 0 heterocycles. The molecule has 0 aromatic heterocycles. The Morgan fingerprint density at radius 1 is 1.19 bits per heavy atom. The van der Waals surface area contributed by atoms with Crippen molar-refractivity contribution in [2.24, 2.45) is 5.73 Å². The maximum atomic E-state index is 13.0. The first-order valence-corrected chi connectivity index (χ1v) is 8.65. The lowest BCUT2D eigenvalue weighted by Gasteiger charge is -2.32. The molecule has 0 saturated carbocycles. The van der Waals surface area contributed by atoms with E-state index in [9.17, 15) is 18.0 Å². The molecule has 0 saturated heterocycles. The Morgan fingerprint density at radius 3 is 2.38 bits per heavy atom. The molecule has 0 aliphatic carbocycles. The normalized spacial score (nSPS) is 14.6. The highest BCUT2D eigenvalue weighted by molar-refractivity contribution is 5.81. The van der Waals surface area contributed by atoms with Gasteiger partial charge in [-0.1, -0.05) is 25.5 Å². The smallest absolute Gasteiger partial charge is 0.391 e. The van der Waals surface area contributed by atoms with Crippen LogP contribution in [0.25, 0.3) is 0 Å². The molecule has 0 unspecified atom stereocenters. The Hall–Kier alpha value is -1.76. The van der Waals surface area contributed by atoms with Crippen molar-refractivity contribution < 1.29 is 27.4 Å². The molecular formula is C19H28F3NO3. The van der Waals surface area contributed by atoms with Crippen molar-refractivity contribution in [3.05, 3.63) is 29.8 Å². The van der Waals surface area contributed by atoms with E-state index in [1.165, 1.54) is 0 Å². The Kier molecular flexibility index (Phi) is 7.50. The van der Waals surface area contributed by atoms with Crippen LogP contribution in [-0.4, -0.2) is 29.9 Å². The van der Waals surface area contributed by atoms with E-state index in [1.807, 2.05) is 6.92 Å². The average Bonchev–Trinajstić information content (AvgIpc) is 2.44. The predicted molar refractivity (Wildman–Crippen MR) is 94.0 cm³/mol. The number of rotatable bonds is 8. The monoisotopic (exact) mass is 375 g/mol. The van der Waals surface area contributed by atoms with Crippen molar-refractivity contribution in [1.82, 2.24) is 0 Å². The van der Waals surface area contributed by atoms with Crippen molar-refractivity contribution in [3.8, 4) is 5.75 Å². The zero-order valence-electron chi connectivity index (χ0n) is 15.8. The molecule has 0 amide bonds. The molecule has 1 aromatic rings. The molecule has 0 fully saturated rings. The highest BCUT2D eigenvalue weighted by Crippen LogP contribution is 2.31. The summed E-state index contributed by atoms with van der Waals surface area (Å²) in [7, 11) is 0. The summed E-state index contributed by atoms with van der Waals surface area (Å²) in [4.78, 5) is 12.4. The Labute approximate surface area is 152 Å². The van der Waals surface area contributed by atoms with Gasteiger partial charge in [-0.05, 0) is 44.9 Å². The molecule has 0 spiro atoms. The number of carbonyl (C=O) groups excluding carboxylic acids is 1. The Balaban J connectivity index is 3.02. The summed E-state index contributed by atoms with van der Waals surface area (Å²) in [6.07, 6.45) is -4.52. The van der Waals surface area contributed by atoms with Gasteiger partial charge in [-0.2, -0.15) is 13.2 Å². The third-order valence-electron chi connectivity index (χ3n) is 3.51. The summed E-state index contributed by atoms with van der Waals surface area (Å²) in [5, 5.41) is 0. The highest BCUT2D eigenvalue weighted by atomic mass is 19.4. The molecule has 1 rings (SSSR count). The summed E-state index contributed by atoms with van der Waals surface area (Å²) in [5.41, 5.74) is 3.25. The second-order valence-corrected chi connectivity index (χ2v) is 7.48. The first-order valence-electron chi connectivity index (χ1n) is 8.65. The second-order valence-electron chi connectivity index (χ2n) is 7.48. The fourth-order valence-electron chi connectivity index (χ4n) is 2.39. The van der Waals surface area contributed by atoms with E-state index < -0.39 is 29.7 Å². The number of carbonyl (C=O) groups is 1. The number of esters is 1. The van der Waals surface area contributed by atoms with E-state index >= 15 is 0 Å². The molecule has 26 heavy (non-hydrogen) atoms. The summed E-state index contributed by atoms with van der Waals surface area (Å²) >= 11 is 0. The van der Waals surface area contributed by atoms with Crippen LogP contribution < -0.4 is 10.5 Å². The number of unbranched alkanes of at least 4 members (excludes halogenated alkanes) is 1.